The standard InChI is InChI=1S/C24H28N6O2.C19H22N4O3.C5H6N2.C4H6O4.C2H3BO2.C2H4O2.CH4.Na/c1-2-3-11-32-24-28-22(25)20-13-19(31)16-30(23(20)29-24)15-18-8-6-7-17(12-18)14-27-21-9-4-5-10-26-21;1-2-3-7-26-19-21-17(20)16-9-15(25)11-23(18(16)22-19)10-13-5-4-6-14(8-13)12-24;6-5-3-1-2-4-7-5;1-3(5)7-8-4(2)6;1-2(4)5-3;1-2(3)4;;/h4-10,12H,2-3,11,13-16H2,1H3,(H,26,27)(H2,25,28,29);4-6,8,12H,2-3,7,9-11H2,1H3,(H2,20,21,22);1-4H,(H2,6,7);1-2H3;1H3;1H3,(H,3,4);1H4;/q;;;;-1;;;+1. The van der Waals surface area contributed by atoms with Gasteiger partial charge in [-0.2, -0.15) is 19.9 Å². The number of carboxylic acids is 1. The van der Waals surface area contributed by atoms with Crippen LogP contribution in [-0.2, 0) is 75.7 Å². The molecule has 8 N–H and O–H groups in total. The molecular formula is C57H73BN12NaO13. The van der Waals surface area contributed by atoms with Gasteiger partial charge in [-0.15, -0.1) is 0 Å². The van der Waals surface area contributed by atoms with Crippen molar-refractivity contribution in [3.05, 3.63) is 131 Å². The Morgan fingerprint density at radius 2 is 1.11 bits per heavy atom. The number of aldehydes is 1. The van der Waals surface area contributed by atoms with Crippen LogP contribution in [-0.4, -0.2) is 111 Å². The second-order valence-corrected chi connectivity index (χ2v) is 17.7. The van der Waals surface area contributed by atoms with Gasteiger partial charge < -0.3 is 59.6 Å². The van der Waals surface area contributed by atoms with Crippen molar-refractivity contribution in [1.82, 2.24) is 29.9 Å². The SMILES string of the molecule is C.CC(=O)O.CC(=O)OOC(C)=O.CCCCOc1nc(N)c2c(n1)N(Cc1cccc(C=O)c1)CC(=O)C2.CCCCOc1nc(N)c2c(n1)N(Cc1cccc(CNc3ccccn3)c1)CC(=O)C2.Nc1ccccn1.[B-]OC(C)=O.[Na+]. The topological polar surface area (TPSA) is 360 Å². The second kappa shape index (κ2) is 40.4. The van der Waals surface area contributed by atoms with E-state index in [4.69, 9.17) is 36.6 Å². The van der Waals surface area contributed by atoms with Crippen LogP contribution in [0.2, 0.25) is 0 Å². The number of hydrogen-bond donors (Lipinski definition) is 5. The predicted octanol–water partition coefficient (Wildman–Crippen LogP) is 3.61. The molecule has 443 valence electrons. The second-order valence-electron chi connectivity index (χ2n) is 17.7. The fourth-order valence-electron chi connectivity index (χ4n) is 7.08. The number of nitrogens with two attached hydrogens (primary N) is 3. The van der Waals surface area contributed by atoms with Crippen molar-refractivity contribution in [3.8, 4) is 12.0 Å². The van der Waals surface area contributed by atoms with Crippen molar-refractivity contribution in [1.29, 1.82) is 0 Å². The molecule has 27 heteroatoms. The molecule has 0 aliphatic carbocycles. The number of ketones is 2. The van der Waals surface area contributed by atoms with Crippen molar-refractivity contribution in [2.75, 3.05) is 58.6 Å². The number of nitrogen functional groups attached to an aromatic ring is 3. The fraction of sp³-hybridized carbons (Fsp3) is 0.351. The first-order valence-electron chi connectivity index (χ1n) is 25.7. The Labute approximate surface area is 512 Å². The molecule has 25 nitrogen and oxygen atoms in total. The molecule has 2 aliphatic rings. The Morgan fingerprint density at radius 3 is 1.50 bits per heavy atom. The molecule has 2 aliphatic heterocycles. The minimum absolute atomic E-state index is 0. The smallest absolute Gasteiger partial charge is 0.793 e. The number of aliphatic carboxylic acids is 1. The van der Waals surface area contributed by atoms with Crippen molar-refractivity contribution in [2.24, 2.45) is 0 Å². The average Bonchev–Trinajstić information content (AvgIpc) is 1.49. The summed E-state index contributed by atoms with van der Waals surface area (Å²) in [5, 5.41) is 10.7. The summed E-state index contributed by atoms with van der Waals surface area (Å²) in [5.74, 6) is 0.873. The number of pyridine rings is 2. The minimum Gasteiger partial charge on any atom is -0.793 e. The number of ether oxygens (including phenoxy) is 2. The maximum atomic E-state index is 12.4. The van der Waals surface area contributed by atoms with Crippen LogP contribution in [0.25, 0.3) is 0 Å². The van der Waals surface area contributed by atoms with Crippen LogP contribution < -0.4 is 71.3 Å². The van der Waals surface area contributed by atoms with Gasteiger partial charge >= 0.3 is 53.5 Å². The summed E-state index contributed by atoms with van der Waals surface area (Å²) < 4.78 is 14.9. The summed E-state index contributed by atoms with van der Waals surface area (Å²) in [6, 6.07) is 27.2. The number of carboxylic acid groups (broad SMARTS) is 1. The summed E-state index contributed by atoms with van der Waals surface area (Å²) in [6.45, 7) is 12.0. The van der Waals surface area contributed by atoms with Crippen molar-refractivity contribution in [2.45, 2.75) is 107 Å². The van der Waals surface area contributed by atoms with E-state index in [2.05, 4.69) is 83.7 Å². The Balaban J connectivity index is 0.000000599. The van der Waals surface area contributed by atoms with Crippen molar-refractivity contribution < 1.29 is 92.1 Å². The van der Waals surface area contributed by atoms with Crippen molar-refractivity contribution >= 4 is 84.7 Å². The van der Waals surface area contributed by atoms with Gasteiger partial charge in [-0.1, -0.05) is 88.7 Å². The molecule has 0 bridgehead atoms. The molecule has 0 saturated heterocycles. The number of nitrogens with zero attached hydrogens (tertiary/aromatic N) is 8. The van der Waals surface area contributed by atoms with Gasteiger partial charge in [0, 0.05) is 89.3 Å². The molecule has 0 spiro atoms. The Morgan fingerprint density at radius 1 is 0.655 bits per heavy atom. The van der Waals surface area contributed by atoms with E-state index in [1.54, 1.807) is 30.6 Å². The van der Waals surface area contributed by atoms with Crippen molar-refractivity contribution in [3.63, 3.8) is 0 Å². The predicted molar refractivity (Wildman–Crippen MR) is 313 cm³/mol. The summed E-state index contributed by atoms with van der Waals surface area (Å²) >= 11 is 0. The number of rotatable bonds is 16. The molecule has 6 heterocycles. The average molecular weight is 1170 g/mol. The minimum atomic E-state index is -0.833. The van der Waals surface area contributed by atoms with Gasteiger partial charge in [0.1, 0.15) is 41.2 Å². The number of carbonyl (C=O) groups is 7. The molecule has 0 atom stereocenters. The summed E-state index contributed by atoms with van der Waals surface area (Å²) in [7, 11) is 4.32. The zero-order chi connectivity index (χ0) is 60.4. The van der Waals surface area contributed by atoms with Gasteiger partial charge in [0.2, 0.25) is 5.97 Å². The Hall–Kier alpha value is -8.75. The van der Waals surface area contributed by atoms with E-state index in [-0.39, 0.29) is 92.3 Å². The summed E-state index contributed by atoms with van der Waals surface area (Å²) in [6.07, 6.45) is 8.55. The summed E-state index contributed by atoms with van der Waals surface area (Å²) in [5.41, 5.74) is 22.5. The van der Waals surface area contributed by atoms with Crippen LogP contribution in [0.15, 0.2) is 97.3 Å². The quantitative estimate of drug-likeness (QED) is 0.0304. The number of benzene rings is 2. The molecule has 0 amide bonds. The Kier molecular flexibility index (Phi) is 35.3. The zero-order valence-electron chi connectivity index (χ0n) is 47.7. The van der Waals surface area contributed by atoms with Crippen LogP contribution in [0.3, 0.4) is 0 Å². The van der Waals surface area contributed by atoms with E-state index in [0.29, 0.717) is 72.8 Å². The number of nitrogens with one attached hydrogen (secondary N) is 1. The fourth-order valence-corrected chi connectivity index (χ4v) is 7.08. The van der Waals surface area contributed by atoms with Gasteiger partial charge in [-0.25, -0.2) is 29.3 Å². The van der Waals surface area contributed by atoms with Crippen LogP contribution in [0.4, 0.5) is 34.9 Å². The molecule has 84 heavy (non-hydrogen) atoms. The first kappa shape index (κ1) is 73.3. The van der Waals surface area contributed by atoms with E-state index >= 15 is 0 Å². The number of anilines is 6. The van der Waals surface area contributed by atoms with E-state index < -0.39 is 23.9 Å². The van der Waals surface area contributed by atoms with Gasteiger partial charge in [0.25, 0.3) is 5.97 Å². The molecule has 0 unspecified atom stereocenters. The van der Waals surface area contributed by atoms with E-state index in [1.165, 1.54) is 6.92 Å². The maximum absolute atomic E-state index is 12.4. The first-order valence-corrected chi connectivity index (χ1v) is 25.7. The van der Waals surface area contributed by atoms with Crippen LogP contribution in [0.5, 0.6) is 12.0 Å². The molecule has 8 rings (SSSR count). The van der Waals surface area contributed by atoms with Gasteiger partial charge in [-0.3, -0.25) is 24.0 Å². The van der Waals surface area contributed by atoms with Gasteiger partial charge in [-0.05, 0) is 59.9 Å². The maximum Gasteiger partial charge on any atom is 1.00 e. The van der Waals surface area contributed by atoms with Gasteiger partial charge in [0.15, 0.2) is 11.6 Å². The summed E-state index contributed by atoms with van der Waals surface area (Å²) in [4.78, 5) is 111. The number of fused-ring (bicyclic) bond motifs is 2. The van der Waals surface area contributed by atoms with E-state index in [1.807, 2.05) is 64.4 Å². The molecule has 6 aromatic rings. The third-order valence-electron chi connectivity index (χ3n) is 10.6. The number of carbonyl (C=O) groups excluding carboxylic acids is 6. The van der Waals surface area contributed by atoms with Crippen LogP contribution in [0, 0.1) is 0 Å². The number of aromatic nitrogens is 6. The molecule has 3 radical (unpaired) electrons. The zero-order valence-corrected chi connectivity index (χ0v) is 49.7. The largest absolute Gasteiger partial charge is 1.00 e. The molecule has 0 saturated carbocycles. The van der Waals surface area contributed by atoms with Crippen LogP contribution >= 0.6 is 0 Å². The monoisotopic (exact) mass is 1170 g/mol. The Bertz CT molecular complexity index is 3010. The normalized spacial score (nSPS) is 11.3. The molecule has 0 fully saturated rings. The molecule has 2 aromatic carbocycles. The molecular weight excluding hydrogens is 1090 g/mol. The number of hydrogen-bond acceptors (Lipinski definition) is 24. The number of unbranched alkanes of at least 4 members (excludes halogenated alkanes) is 2. The third-order valence-corrected chi connectivity index (χ3v) is 10.6. The third kappa shape index (κ3) is 28.8. The van der Waals surface area contributed by atoms with E-state index in [0.717, 1.165) is 75.2 Å². The first-order chi connectivity index (χ1) is 39.2. The van der Waals surface area contributed by atoms with E-state index in [9.17, 15) is 28.8 Å². The number of Topliss-reactive ketones (excluding diaryl/α,β-unsaturated/α-hetero) is 2. The van der Waals surface area contributed by atoms with Crippen LogP contribution in [0.1, 0.15) is 113 Å². The molecule has 4 aromatic heterocycles. The van der Waals surface area contributed by atoms with Gasteiger partial charge in [0.05, 0.1) is 26.3 Å².